The van der Waals surface area contributed by atoms with Crippen molar-refractivity contribution in [1.29, 1.82) is 0 Å². The predicted molar refractivity (Wildman–Crippen MR) is 89.1 cm³/mol. The summed E-state index contributed by atoms with van der Waals surface area (Å²) >= 11 is 0. The van der Waals surface area contributed by atoms with Gasteiger partial charge in [-0.1, -0.05) is 12.1 Å². The summed E-state index contributed by atoms with van der Waals surface area (Å²) in [5.74, 6) is 0.957. The van der Waals surface area contributed by atoms with Crippen LogP contribution in [-0.2, 0) is 10.0 Å². The monoisotopic (exact) mass is 348 g/mol. The van der Waals surface area contributed by atoms with Gasteiger partial charge in [-0.05, 0) is 49.4 Å². The Morgan fingerprint density at radius 1 is 1.17 bits per heavy atom. The smallest absolute Gasteiger partial charge is 0.257 e. The zero-order valence-electron chi connectivity index (χ0n) is 13.4. The third-order valence-corrected chi connectivity index (χ3v) is 5.48. The number of likely N-dealkylation sites (tertiary alicyclic amines) is 1. The molecule has 2 N–H and O–H groups in total. The van der Waals surface area contributed by atoms with Gasteiger partial charge in [-0.3, -0.25) is 4.79 Å². The summed E-state index contributed by atoms with van der Waals surface area (Å²) in [5, 5.41) is 5.12. The highest BCUT2D eigenvalue weighted by molar-refractivity contribution is 7.89. The molecule has 1 aromatic heterocycles. The number of aryl methyl sites for hydroxylation is 1. The Morgan fingerprint density at radius 2 is 1.79 bits per heavy atom. The molecule has 1 aliphatic heterocycles. The minimum Gasteiger partial charge on any atom is -0.469 e. The molecule has 128 valence electrons. The Morgan fingerprint density at radius 3 is 2.29 bits per heavy atom. The van der Waals surface area contributed by atoms with Gasteiger partial charge >= 0.3 is 0 Å². The maximum Gasteiger partial charge on any atom is 0.257 e. The van der Waals surface area contributed by atoms with E-state index in [-0.39, 0.29) is 10.8 Å². The van der Waals surface area contributed by atoms with Crippen molar-refractivity contribution in [3.63, 3.8) is 0 Å². The number of hydrogen-bond donors (Lipinski definition) is 1. The standard InChI is InChI=1S/C17H20N2O4S/c1-12-16(8-11-23-12)17(20)19-9-6-14(7-10-19)13-2-4-15(5-3-13)24(18,21)22/h2-5,8,11,14H,6-7,9-10H2,1H3,(H2,18,21,22). The van der Waals surface area contributed by atoms with Crippen LogP contribution in [0.15, 0.2) is 45.9 Å². The quantitative estimate of drug-likeness (QED) is 0.920. The number of carbonyl (C=O) groups excluding carboxylic acids is 1. The number of sulfonamides is 1. The Kier molecular flexibility index (Phi) is 4.47. The van der Waals surface area contributed by atoms with E-state index >= 15 is 0 Å². The molecule has 0 saturated carbocycles. The van der Waals surface area contributed by atoms with Crippen molar-refractivity contribution in [2.75, 3.05) is 13.1 Å². The van der Waals surface area contributed by atoms with E-state index in [9.17, 15) is 13.2 Å². The van der Waals surface area contributed by atoms with Gasteiger partial charge < -0.3 is 9.32 Å². The molecule has 7 heteroatoms. The lowest BCUT2D eigenvalue weighted by atomic mass is 9.89. The van der Waals surface area contributed by atoms with Crippen LogP contribution in [0.2, 0.25) is 0 Å². The summed E-state index contributed by atoms with van der Waals surface area (Å²) in [6.45, 7) is 3.13. The largest absolute Gasteiger partial charge is 0.469 e. The highest BCUT2D eigenvalue weighted by Crippen LogP contribution is 2.29. The zero-order chi connectivity index (χ0) is 17.3. The molecule has 0 bridgehead atoms. The van der Waals surface area contributed by atoms with Crippen LogP contribution in [0.4, 0.5) is 0 Å². The van der Waals surface area contributed by atoms with E-state index in [2.05, 4.69) is 0 Å². The number of rotatable bonds is 3. The van der Waals surface area contributed by atoms with Gasteiger partial charge in [-0.2, -0.15) is 0 Å². The molecule has 1 saturated heterocycles. The summed E-state index contributed by atoms with van der Waals surface area (Å²) in [7, 11) is -3.66. The lowest BCUT2D eigenvalue weighted by Gasteiger charge is -2.32. The van der Waals surface area contributed by atoms with Gasteiger partial charge in [0, 0.05) is 13.1 Å². The first-order valence-electron chi connectivity index (χ1n) is 7.82. The number of carbonyl (C=O) groups is 1. The van der Waals surface area contributed by atoms with Gasteiger partial charge in [0.05, 0.1) is 16.7 Å². The second kappa shape index (κ2) is 6.41. The summed E-state index contributed by atoms with van der Waals surface area (Å²) in [6, 6.07) is 8.40. The minimum atomic E-state index is -3.66. The molecule has 1 aliphatic rings. The first-order valence-corrected chi connectivity index (χ1v) is 9.37. The number of amides is 1. The minimum absolute atomic E-state index is 0.00396. The van der Waals surface area contributed by atoms with E-state index in [1.807, 2.05) is 17.0 Å². The molecule has 2 heterocycles. The van der Waals surface area contributed by atoms with Crippen LogP contribution in [0.25, 0.3) is 0 Å². The second-order valence-electron chi connectivity index (χ2n) is 6.07. The van der Waals surface area contributed by atoms with Crippen LogP contribution in [0.3, 0.4) is 0 Å². The van der Waals surface area contributed by atoms with Crippen molar-refractivity contribution in [3.8, 4) is 0 Å². The molecule has 0 radical (unpaired) electrons. The Bertz CT molecular complexity index is 832. The predicted octanol–water partition coefficient (Wildman–Crippen LogP) is 2.26. The number of hydrogen-bond acceptors (Lipinski definition) is 4. The molecular formula is C17H20N2O4S. The maximum atomic E-state index is 12.5. The Labute approximate surface area is 141 Å². The van der Waals surface area contributed by atoms with Crippen molar-refractivity contribution in [2.45, 2.75) is 30.6 Å². The van der Waals surface area contributed by atoms with E-state index in [0.717, 1.165) is 18.4 Å². The third kappa shape index (κ3) is 3.37. The van der Waals surface area contributed by atoms with Gasteiger partial charge in [0.1, 0.15) is 5.76 Å². The van der Waals surface area contributed by atoms with Crippen molar-refractivity contribution < 1.29 is 17.6 Å². The van der Waals surface area contributed by atoms with E-state index < -0.39 is 10.0 Å². The molecule has 1 aromatic carbocycles. The molecular weight excluding hydrogens is 328 g/mol. The number of nitrogens with two attached hydrogens (primary N) is 1. The van der Waals surface area contributed by atoms with Gasteiger partial charge in [0.15, 0.2) is 0 Å². The van der Waals surface area contributed by atoms with Gasteiger partial charge in [-0.15, -0.1) is 0 Å². The summed E-state index contributed by atoms with van der Waals surface area (Å²) in [6.07, 6.45) is 3.22. The maximum absolute atomic E-state index is 12.5. The summed E-state index contributed by atoms with van der Waals surface area (Å²) < 4.78 is 27.8. The SMILES string of the molecule is Cc1occc1C(=O)N1CCC(c2ccc(S(N)(=O)=O)cc2)CC1. The summed E-state index contributed by atoms with van der Waals surface area (Å²) in [5.41, 5.74) is 1.69. The highest BCUT2D eigenvalue weighted by Gasteiger charge is 2.26. The number of primary sulfonamides is 1. The molecule has 6 nitrogen and oxygen atoms in total. The lowest BCUT2D eigenvalue weighted by molar-refractivity contribution is 0.0711. The fraction of sp³-hybridized carbons (Fsp3) is 0.353. The van der Waals surface area contributed by atoms with Crippen LogP contribution in [-0.4, -0.2) is 32.3 Å². The molecule has 0 unspecified atom stereocenters. The molecule has 24 heavy (non-hydrogen) atoms. The molecule has 3 rings (SSSR count). The first kappa shape index (κ1) is 16.7. The van der Waals surface area contributed by atoms with Gasteiger partial charge in [-0.25, -0.2) is 13.6 Å². The Hall–Kier alpha value is -2.12. The molecule has 0 atom stereocenters. The van der Waals surface area contributed by atoms with Crippen molar-refractivity contribution >= 4 is 15.9 Å². The topological polar surface area (TPSA) is 93.6 Å². The van der Waals surface area contributed by atoms with Crippen molar-refractivity contribution in [1.82, 2.24) is 4.90 Å². The third-order valence-electron chi connectivity index (χ3n) is 4.55. The van der Waals surface area contributed by atoms with Crippen LogP contribution in [0, 0.1) is 6.92 Å². The first-order chi connectivity index (χ1) is 11.4. The summed E-state index contributed by atoms with van der Waals surface area (Å²) in [4.78, 5) is 14.4. The van der Waals surface area contributed by atoms with Crippen molar-refractivity contribution in [3.05, 3.63) is 53.5 Å². The van der Waals surface area contributed by atoms with Gasteiger partial charge in [0.25, 0.3) is 5.91 Å². The molecule has 0 aliphatic carbocycles. The fourth-order valence-corrected chi connectivity index (χ4v) is 3.64. The number of nitrogens with zero attached hydrogens (tertiary/aromatic N) is 1. The Balaban J connectivity index is 1.65. The van der Waals surface area contributed by atoms with Gasteiger partial charge in [0.2, 0.25) is 10.0 Å². The highest BCUT2D eigenvalue weighted by atomic mass is 32.2. The number of benzene rings is 1. The van der Waals surface area contributed by atoms with Crippen LogP contribution in [0.5, 0.6) is 0 Å². The van der Waals surface area contributed by atoms with E-state index in [0.29, 0.717) is 30.3 Å². The lowest BCUT2D eigenvalue weighted by Crippen LogP contribution is -2.38. The van der Waals surface area contributed by atoms with Crippen LogP contribution < -0.4 is 5.14 Å². The fourth-order valence-electron chi connectivity index (χ4n) is 3.12. The molecule has 0 spiro atoms. The molecule has 2 aromatic rings. The molecule has 1 amide bonds. The van der Waals surface area contributed by atoms with E-state index in [4.69, 9.17) is 9.56 Å². The molecule has 1 fully saturated rings. The number of piperidine rings is 1. The van der Waals surface area contributed by atoms with E-state index in [1.54, 1.807) is 13.0 Å². The van der Waals surface area contributed by atoms with Crippen molar-refractivity contribution in [2.24, 2.45) is 5.14 Å². The van der Waals surface area contributed by atoms with E-state index in [1.165, 1.54) is 18.4 Å². The second-order valence-corrected chi connectivity index (χ2v) is 7.63. The zero-order valence-corrected chi connectivity index (χ0v) is 14.3. The average Bonchev–Trinajstić information content (AvgIpc) is 3.00. The number of furan rings is 1. The van der Waals surface area contributed by atoms with Crippen LogP contribution >= 0.6 is 0 Å². The normalized spacial score (nSPS) is 16.3. The van der Waals surface area contributed by atoms with Crippen LogP contribution in [0.1, 0.15) is 40.4 Å². The average molecular weight is 348 g/mol.